The van der Waals surface area contributed by atoms with E-state index < -0.39 is 0 Å². The van der Waals surface area contributed by atoms with Crippen molar-refractivity contribution in [2.45, 2.75) is 6.61 Å². The fraction of sp³-hybridized carbons (Fsp3) is 0.0625. The normalized spacial score (nSPS) is 10.7. The molecule has 1 heterocycles. The molecule has 1 aromatic heterocycles. The van der Waals surface area contributed by atoms with Crippen LogP contribution in [0.3, 0.4) is 0 Å². The molecule has 0 fully saturated rings. The van der Waals surface area contributed by atoms with Crippen molar-refractivity contribution in [3.05, 3.63) is 69.9 Å². The molecular weight excluding hydrogens is 338 g/mol. The van der Waals surface area contributed by atoms with Gasteiger partial charge in [-0.3, -0.25) is 0 Å². The highest BCUT2D eigenvalue weighted by Gasteiger charge is 2.00. The smallest absolute Gasteiger partial charge is 0.129 e. The van der Waals surface area contributed by atoms with Crippen molar-refractivity contribution in [1.82, 2.24) is 4.98 Å². The van der Waals surface area contributed by atoms with Gasteiger partial charge in [0, 0.05) is 16.2 Å². The van der Waals surface area contributed by atoms with Crippen LogP contribution in [0.4, 0.5) is 0 Å². The fourth-order valence-corrected chi connectivity index (χ4v) is 2.43. The van der Waals surface area contributed by atoms with Crippen LogP contribution in [0.5, 0.6) is 5.75 Å². The molecule has 0 bridgehead atoms. The van der Waals surface area contributed by atoms with Crippen molar-refractivity contribution >= 4 is 38.3 Å². The Morgan fingerprint density at radius 2 is 1.80 bits per heavy atom. The highest BCUT2D eigenvalue weighted by Crippen LogP contribution is 2.24. The standard InChI is InChI=1S/C16H11BrClNO/c17-14-4-2-13-8-15(5-3-12(13)7-14)20-10-11-1-6-16(18)19-9-11/h1-9H,10H2. The van der Waals surface area contributed by atoms with E-state index in [9.17, 15) is 0 Å². The van der Waals surface area contributed by atoms with Gasteiger partial charge in [0.1, 0.15) is 17.5 Å². The van der Waals surface area contributed by atoms with Crippen molar-refractivity contribution in [1.29, 1.82) is 0 Å². The van der Waals surface area contributed by atoms with E-state index in [4.69, 9.17) is 16.3 Å². The van der Waals surface area contributed by atoms with E-state index in [-0.39, 0.29) is 0 Å². The van der Waals surface area contributed by atoms with E-state index in [0.717, 1.165) is 21.2 Å². The summed E-state index contributed by atoms with van der Waals surface area (Å²) in [7, 11) is 0. The van der Waals surface area contributed by atoms with Crippen molar-refractivity contribution in [3.8, 4) is 5.75 Å². The van der Waals surface area contributed by atoms with Crippen LogP contribution in [-0.4, -0.2) is 4.98 Å². The number of halogens is 2. The Bertz CT molecular complexity index is 743. The number of hydrogen-bond acceptors (Lipinski definition) is 2. The van der Waals surface area contributed by atoms with Crippen molar-refractivity contribution in [2.75, 3.05) is 0 Å². The molecule has 100 valence electrons. The molecule has 4 heteroatoms. The average molecular weight is 349 g/mol. The lowest BCUT2D eigenvalue weighted by molar-refractivity contribution is 0.306. The number of hydrogen-bond donors (Lipinski definition) is 0. The van der Waals surface area contributed by atoms with Crippen LogP contribution in [0.15, 0.2) is 59.2 Å². The lowest BCUT2D eigenvalue weighted by Crippen LogP contribution is -1.95. The Kier molecular flexibility index (Phi) is 3.90. The first kappa shape index (κ1) is 13.4. The zero-order valence-corrected chi connectivity index (χ0v) is 12.9. The Morgan fingerprint density at radius 1 is 1.00 bits per heavy atom. The Labute approximate surface area is 130 Å². The monoisotopic (exact) mass is 347 g/mol. The molecule has 0 saturated heterocycles. The Morgan fingerprint density at radius 3 is 2.60 bits per heavy atom. The molecule has 2 aromatic carbocycles. The minimum Gasteiger partial charge on any atom is -0.489 e. The number of benzene rings is 2. The largest absolute Gasteiger partial charge is 0.489 e. The second-order valence-electron chi connectivity index (χ2n) is 4.43. The van der Waals surface area contributed by atoms with E-state index in [0.29, 0.717) is 11.8 Å². The van der Waals surface area contributed by atoms with Gasteiger partial charge in [-0.05, 0) is 41.1 Å². The third-order valence-electron chi connectivity index (χ3n) is 2.97. The van der Waals surface area contributed by atoms with Gasteiger partial charge in [0.15, 0.2) is 0 Å². The van der Waals surface area contributed by atoms with Crippen LogP contribution in [-0.2, 0) is 6.61 Å². The first-order valence-corrected chi connectivity index (χ1v) is 7.30. The highest BCUT2D eigenvalue weighted by atomic mass is 79.9. The maximum Gasteiger partial charge on any atom is 0.129 e. The molecule has 0 aliphatic heterocycles. The van der Waals surface area contributed by atoms with Gasteiger partial charge in [-0.2, -0.15) is 0 Å². The summed E-state index contributed by atoms with van der Waals surface area (Å²) < 4.78 is 6.85. The quantitative estimate of drug-likeness (QED) is 0.605. The predicted octanol–water partition coefficient (Wildman–Crippen LogP) is 5.23. The summed E-state index contributed by atoms with van der Waals surface area (Å²) >= 11 is 9.22. The van der Waals surface area contributed by atoms with E-state index in [1.807, 2.05) is 24.3 Å². The van der Waals surface area contributed by atoms with Crippen LogP contribution >= 0.6 is 27.5 Å². The lowest BCUT2D eigenvalue weighted by atomic mass is 10.1. The van der Waals surface area contributed by atoms with Crippen LogP contribution in [0, 0.1) is 0 Å². The minimum absolute atomic E-state index is 0.478. The minimum atomic E-state index is 0.478. The van der Waals surface area contributed by atoms with E-state index >= 15 is 0 Å². The molecule has 0 saturated carbocycles. The summed E-state index contributed by atoms with van der Waals surface area (Å²) in [6, 6.07) is 15.9. The predicted molar refractivity (Wildman–Crippen MR) is 85.2 cm³/mol. The van der Waals surface area contributed by atoms with E-state index in [2.05, 4.69) is 39.1 Å². The zero-order chi connectivity index (χ0) is 13.9. The first-order chi connectivity index (χ1) is 9.70. The Balaban J connectivity index is 1.77. The number of nitrogens with zero attached hydrogens (tertiary/aromatic N) is 1. The third-order valence-corrected chi connectivity index (χ3v) is 3.68. The van der Waals surface area contributed by atoms with Gasteiger partial charge in [-0.1, -0.05) is 45.7 Å². The molecular formula is C16H11BrClNO. The van der Waals surface area contributed by atoms with Gasteiger partial charge in [-0.15, -0.1) is 0 Å². The zero-order valence-electron chi connectivity index (χ0n) is 10.5. The van der Waals surface area contributed by atoms with Gasteiger partial charge >= 0.3 is 0 Å². The number of pyridine rings is 1. The van der Waals surface area contributed by atoms with Crippen LogP contribution < -0.4 is 4.74 Å². The molecule has 0 radical (unpaired) electrons. The summed E-state index contributed by atoms with van der Waals surface area (Å²) in [5.74, 6) is 0.842. The number of aromatic nitrogens is 1. The van der Waals surface area contributed by atoms with Gasteiger partial charge < -0.3 is 4.74 Å². The third kappa shape index (κ3) is 3.11. The molecule has 3 rings (SSSR count). The fourth-order valence-electron chi connectivity index (χ4n) is 1.94. The lowest BCUT2D eigenvalue weighted by Gasteiger charge is -2.07. The van der Waals surface area contributed by atoms with Gasteiger partial charge in [0.2, 0.25) is 0 Å². The number of fused-ring (bicyclic) bond motifs is 1. The molecule has 0 spiro atoms. The van der Waals surface area contributed by atoms with Gasteiger partial charge in [0.25, 0.3) is 0 Å². The summed E-state index contributed by atoms with van der Waals surface area (Å²) in [5, 5.41) is 2.82. The summed E-state index contributed by atoms with van der Waals surface area (Å²) in [6.07, 6.45) is 1.72. The average Bonchev–Trinajstić information content (AvgIpc) is 2.46. The molecule has 0 amide bonds. The van der Waals surface area contributed by atoms with Gasteiger partial charge in [-0.25, -0.2) is 4.98 Å². The number of ether oxygens (including phenoxy) is 1. The summed E-state index contributed by atoms with van der Waals surface area (Å²) in [6.45, 7) is 0.478. The SMILES string of the molecule is Clc1ccc(COc2ccc3cc(Br)ccc3c2)cn1. The van der Waals surface area contributed by atoms with Crippen molar-refractivity contribution < 1.29 is 4.74 Å². The second-order valence-corrected chi connectivity index (χ2v) is 5.73. The maximum absolute atomic E-state index is 5.78. The Hall–Kier alpha value is -1.58. The molecule has 3 aromatic rings. The van der Waals surface area contributed by atoms with Crippen LogP contribution in [0.25, 0.3) is 10.8 Å². The van der Waals surface area contributed by atoms with Crippen molar-refractivity contribution in [3.63, 3.8) is 0 Å². The maximum atomic E-state index is 5.78. The first-order valence-electron chi connectivity index (χ1n) is 6.13. The molecule has 0 unspecified atom stereocenters. The molecule has 0 atom stereocenters. The van der Waals surface area contributed by atoms with E-state index in [1.165, 1.54) is 5.39 Å². The number of rotatable bonds is 3. The molecule has 0 aliphatic carbocycles. The summed E-state index contributed by atoms with van der Waals surface area (Å²) in [4.78, 5) is 4.03. The van der Waals surface area contributed by atoms with Crippen LogP contribution in [0.2, 0.25) is 5.15 Å². The van der Waals surface area contributed by atoms with Gasteiger partial charge in [0.05, 0.1) is 0 Å². The molecule has 0 aliphatic rings. The molecule has 0 N–H and O–H groups in total. The van der Waals surface area contributed by atoms with Crippen molar-refractivity contribution in [2.24, 2.45) is 0 Å². The topological polar surface area (TPSA) is 22.1 Å². The summed E-state index contributed by atoms with van der Waals surface area (Å²) in [5.41, 5.74) is 0.991. The van der Waals surface area contributed by atoms with E-state index in [1.54, 1.807) is 12.3 Å². The highest BCUT2D eigenvalue weighted by molar-refractivity contribution is 9.10. The van der Waals surface area contributed by atoms with Crippen LogP contribution in [0.1, 0.15) is 5.56 Å². The second kappa shape index (κ2) is 5.81. The molecule has 20 heavy (non-hydrogen) atoms. The molecule has 2 nitrogen and oxygen atoms in total.